The van der Waals surface area contributed by atoms with Crippen LogP contribution in [-0.2, 0) is 6.54 Å². The Hall–Kier alpha value is -1.81. The molecule has 0 unspecified atom stereocenters. The molecule has 0 fully saturated rings. The third-order valence-electron chi connectivity index (χ3n) is 4.14. The van der Waals surface area contributed by atoms with Gasteiger partial charge >= 0.3 is 0 Å². The summed E-state index contributed by atoms with van der Waals surface area (Å²) >= 11 is 3.69. The number of fused-ring (bicyclic) bond motifs is 1. The fourth-order valence-corrected chi connectivity index (χ4v) is 3.24. The molecule has 3 rings (SSSR count). The van der Waals surface area contributed by atoms with Gasteiger partial charge in [0.15, 0.2) is 0 Å². The van der Waals surface area contributed by atoms with Crippen LogP contribution < -0.4 is 5.73 Å². The molecule has 0 saturated heterocycles. The number of nitrogens with zero attached hydrogens (tertiary/aromatic N) is 2. The summed E-state index contributed by atoms with van der Waals surface area (Å²) in [6.45, 7) is 6.89. The predicted molar refractivity (Wildman–Crippen MR) is 91.6 cm³/mol. The smallest absolute Gasteiger partial charge is 0.0655 e. The largest absolute Gasteiger partial charge is 0.398 e. The van der Waals surface area contributed by atoms with Crippen LogP contribution >= 0.6 is 15.9 Å². The molecule has 0 spiro atoms. The van der Waals surface area contributed by atoms with E-state index >= 15 is 0 Å². The molecule has 2 aromatic heterocycles. The fourth-order valence-electron chi connectivity index (χ4n) is 2.69. The number of halogens is 1. The van der Waals surface area contributed by atoms with Crippen LogP contribution in [0.4, 0.5) is 5.69 Å². The van der Waals surface area contributed by atoms with E-state index in [1.54, 1.807) is 0 Å². The van der Waals surface area contributed by atoms with E-state index in [2.05, 4.69) is 56.7 Å². The van der Waals surface area contributed by atoms with Gasteiger partial charge in [0, 0.05) is 33.0 Å². The van der Waals surface area contributed by atoms with E-state index in [1.165, 1.54) is 16.6 Å². The molecule has 0 aliphatic rings. The van der Waals surface area contributed by atoms with Crippen LogP contribution in [0, 0.1) is 20.8 Å². The lowest BCUT2D eigenvalue weighted by Crippen LogP contribution is -2.08. The van der Waals surface area contributed by atoms with Gasteiger partial charge in [0.25, 0.3) is 0 Å². The van der Waals surface area contributed by atoms with Crippen LogP contribution in [0.25, 0.3) is 10.9 Å². The van der Waals surface area contributed by atoms with Gasteiger partial charge in [-0.1, -0.05) is 18.2 Å². The summed E-state index contributed by atoms with van der Waals surface area (Å²) in [5.74, 6) is 0. The Kier molecular flexibility index (Phi) is 3.49. The quantitative estimate of drug-likeness (QED) is 0.751. The average Bonchev–Trinajstić information content (AvgIpc) is 2.73. The summed E-state index contributed by atoms with van der Waals surface area (Å²) in [7, 11) is 0. The van der Waals surface area contributed by atoms with Gasteiger partial charge in [-0.25, -0.2) is 0 Å². The Morgan fingerprint density at radius 3 is 2.67 bits per heavy atom. The van der Waals surface area contributed by atoms with Crippen molar-refractivity contribution in [3.63, 3.8) is 0 Å². The first kappa shape index (κ1) is 14.1. The number of nitrogens with two attached hydrogens (primary N) is 1. The van der Waals surface area contributed by atoms with E-state index in [9.17, 15) is 0 Å². The molecule has 3 aromatic rings. The molecule has 1 aromatic carbocycles. The van der Waals surface area contributed by atoms with Gasteiger partial charge in [0.1, 0.15) is 0 Å². The van der Waals surface area contributed by atoms with Crippen molar-refractivity contribution in [1.29, 1.82) is 0 Å². The number of anilines is 1. The van der Waals surface area contributed by atoms with Crippen LogP contribution in [0.5, 0.6) is 0 Å². The van der Waals surface area contributed by atoms with E-state index in [0.29, 0.717) is 0 Å². The standard InChI is InChI=1S/C17H18BrN3/c1-10-8-20-14(11(2)17(10)19)9-21-12(3)16(18)13-6-4-5-7-15(13)21/h4-8H,9H2,1-3H3,(H2,19,20). The molecule has 0 atom stereocenters. The van der Waals surface area contributed by atoms with Crippen molar-refractivity contribution < 1.29 is 0 Å². The maximum Gasteiger partial charge on any atom is 0.0655 e. The Morgan fingerprint density at radius 2 is 1.90 bits per heavy atom. The van der Waals surface area contributed by atoms with Crippen molar-refractivity contribution >= 4 is 32.5 Å². The molecule has 4 heteroatoms. The highest BCUT2D eigenvalue weighted by molar-refractivity contribution is 9.10. The van der Waals surface area contributed by atoms with E-state index in [0.717, 1.165) is 33.5 Å². The first-order valence-corrected chi connectivity index (χ1v) is 7.74. The molecule has 0 aliphatic heterocycles. The molecule has 0 bridgehead atoms. The molecule has 0 saturated carbocycles. The second kappa shape index (κ2) is 5.19. The zero-order chi connectivity index (χ0) is 15.1. The average molecular weight is 344 g/mol. The van der Waals surface area contributed by atoms with Crippen LogP contribution in [0.15, 0.2) is 34.9 Å². The number of hydrogen-bond acceptors (Lipinski definition) is 2. The molecule has 2 N–H and O–H groups in total. The Bertz CT molecular complexity index is 834. The van der Waals surface area contributed by atoms with E-state index in [-0.39, 0.29) is 0 Å². The third-order valence-corrected chi connectivity index (χ3v) is 5.14. The third kappa shape index (κ3) is 2.23. The van der Waals surface area contributed by atoms with Crippen LogP contribution in [0.2, 0.25) is 0 Å². The highest BCUT2D eigenvalue weighted by atomic mass is 79.9. The van der Waals surface area contributed by atoms with Gasteiger partial charge in [-0.05, 0) is 53.9 Å². The topological polar surface area (TPSA) is 43.8 Å². The summed E-state index contributed by atoms with van der Waals surface area (Å²) < 4.78 is 3.43. The number of hydrogen-bond donors (Lipinski definition) is 1. The number of para-hydroxylation sites is 1. The van der Waals surface area contributed by atoms with Gasteiger partial charge < -0.3 is 10.3 Å². The molecule has 3 nitrogen and oxygen atoms in total. The molecule has 21 heavy (non-hydrogen) atoms. The van der Waals surface area contributed by atoms with Gasteiger partial charge in [-0.2, -0.15) is 0 Å². The number of pyridine rings is 1. The summed E-state index contributed by atoms with van der Waals surface area (Å²) in [4.78, 5) is 4.57. The summed E-state index contributed by atoms with van der Waals surface area (Å²) in [6.07, 6.45) is 1.85. The molecule has 2 heterocycles. The zero-order valence-electron chi connectivity index (χ0n) is 12.4. The SMILES string of the molecule is Cc1cnc(Cn2c(C)c(Br)c3ccccc32)c(C)c1N. The molecular weight excluding hydrogens is 326 g/mol. The maximum absolute atomic E-state index is 6.13. The van der Waals surface area contributed by atoms with Crippen molar-refractivity contribution in [1.82, 2.24) is 9.55 Å². The number of aryl methyl sites for hydroxylation is 1. The fraction of sp³-hybridized carbons (Fsp3) is 0.235. The van der Waals surface area contributed by atoms with Crippen molar-refractivity contribution in [3.8, 4) is 0 Å². The van der Waals surface area contributed by atoms with Gasteiger partial charge in [0.05, 0.1) is 12.2 Å². The van der Waals surface area contributed by atoms with Crippen molar-refractivity contribution in [2.45, 2.75) is 27.3 Å². The van der Waals surface area contributed by atoms with Gasteiger partial charge in [-0.15, -0.1) is 0 Å². The highest BCUT2D eigenvalue weighted by Crippen LogP contribution is 2.31. The van der Waals surface area contributed by atoms with Gasteiger partial charge in [0.2, 0.25) is 0 Å². The minimum absolute atomic E-state index is 0.730. The first-order valence-electron chi connectivity index (χ1n) is 6.94. The molecule has 0 aliphatic carbocycles. The maximum atomic E-state index is 6.13. The lowest BCUT2D eigenvalue weighted by atomic mass is 10.1. The first-order chi connectivity index (χ1) is 10.0. The zero-order valence-corrected chi connectivity index (χ0v) is 14.0. The van der Waals surface area contributed by atoms with Crippen molar-refractivity contribution in [2.75, 3.05) is 5.73 Å². The second-order valence-corrected chi connectivity index (χ2v) is 6.22. The molecular formula is C17H18BrN3. The van der Waals surface area contributed by atoms with E-state index in [4.69, 9.17) is 5.73 Å². The molecule has 0 radical (unpaired) electrons. The predicted octanol–water partition coefficient (Wildman–Crippen LogP) is 4.35. The number of nitrogen functional groups attached to an aromatic ring is 1. The Balaban J connectivity index is 2.15. The number of rotatable bonds is 2. The second-order valence-electron chi connectivity index (χ2n) is 5.43. The minimum atomic E-state index is 0.730. The van der Waals surface area contributed by atoms with E-state index < -0.39 is 0 Å². The summed E-state index contributed by atoms with van der Waals surface area (Å²) in [5.41, 5.74) is 12.5. The number of benzene rings is 1. The Labute approximate surface area is 132 Å². The summed E-state index contributed by atoms with van der Waals surface area (Å²) in [5, 5.41) is 1.23. The molecule has 0 amide bonds. The van der Waals surface area contributed by atoms with Crippen LogP contribution in [-0.4, -0.2) is 9.55 Å². The number of aromatic nitrogens is 2. The van der Waals surface area contributed by atoms with Crippen LogP contribution in [0.3, 0.4) is 0 Å². The highest BCUT2D eigenvalue weighted by Gasteiger charge is 2.14. The van der Waals surface area contributed by atoms with Crippen molar-refractivity contribution in [2.24, 2.45) is 0 Å². The normalized spacial score (nSPS) is 11.2. The summed E-state index contributed by atoms with van der Waals surface area (Å²) in [6, 6.07) is 8.39. The van der Waals surface area contributed by atoms with E-state index in [1.807, 2.05) is 20.0 Å². The minimum Gasteiger partial charge on any atom is -0.398 e. The monoisotopic (exact) mass is 343 g/mol. The van der Waals surface area contributed by atoms with Gasteiger partial charge in [-0.3, -0.25) is 4.98 Å². The lowest BCUT2D eigenvalue weighted by Gasteiger charge is -2.13. The lowest BCUT2D eigenvalue weighted by molar-refractivity contribution is 0.771. The van der Waals surface area contributed by atoms with Crippen molar-refractivity contribution in [3.05, 3.63) is 57.4 Å². The Morgan fingerprint density at radius 1 is 1.19 bits per heavy atom. The molecule has 108 valence electrons. The van der Waals surface area contributed by atoms with Crippen LogP contribution in [0.1, 0.15) is 22.5 Å².